The van der Waals surface area contributed by atoms with Gasteiger partial charge in [-0.15, -0.1) is 0 Å². The summed E-state index contributed by atoms with van der Waals surface area (Å²) in [6.45, 7) is 2.65. The van der Waals surface area contributed by atoms with Crippen molar-refractivity contribution in [2.24, 2.45) is 5.73 Å². The molecule has 0 bridgehead atoms. The van der Waals surface area contributed by atoms with Crippen molar-refractivity contribution in [2.75, 3.05) is 6.61 Å². The number of nitrogens with two attached hydrogens (primary N) is 1. The summed E-state index contributed by atoms with van der Waals surface area (Å²) < 4.78 is 5.14. The number of hydrogen-bond donors (Lipinski definition) is 5. The number of hydrogen-bond acceptors (Lipinski definition) is 7. The van der Waals surface area contributed by atoms with Crippen molar-refractivity contribution in [3.63, 3.8) is 0 Å². The van der Waals surface area contributed by atoms with E-state index in [9.17, 15) is 20.1 Å². The van der Waals surface area contributed by atoms with Crippen LogP contribution in [0.15, 0.2) is 0 Å². The highest BCUT2D eigenvalue weighted by Crippen LogP contribution is 2.36. The van der Waals surface area contributed by atoms with Crippen LogP contribution in [0, 0.1) is 0 Å². The molecule has 1 heterocycles. The van der Waals surface area contributed by atoms with Gasteiger partial charge in [0.1, 0.15) is 18.3 Å². The van der Waals surface area contributed by atoms with E-state index in [0.29, 0.717) is 6.42 Å². The first-order chi connectivity index (χ1) is 10.2. The SMILES string of the molecule is CCCCCCCC(=O)[C@@]1(N)[C@@H](O)[C@H](O)[C@@H](CO)OC1(C)O. The Morgan fingerprint density at radius 1 is 1.23 bits per heavy atom. The zero-order chi connectivity index (χ0) is 17.0. The van der Waals surface area contributed by atoms with Crippen LogP contribution in [0.4, 0.5) is 0 Å². The summed E-state index contributed by atoms with van der Waals surface area (Å²) in [6.07, 6.45) is 0.276. The molecular formula is C15H29NO6. The van der Waals surface area contributed by atoms with Gasteiger partial charge in [0, 0.05) is 6.42 Å². The number of aliphatic hydroxyl groups is 4. The highest BCUT2D eigenvalue weighted by Gasteiger charge is 2.63. The van der Waals surface area contributed by atoms with E-state index in [2.05, 4.69) is 6.92 Å². The minimum Gasteiger partial charge on any atom is -0.394 e. The van der Waals surface area contributed by atoms with Crippen LogP contribution >= 0.6 is 0 Å². The van der Waals surface area contributed by atoms with Gasteiger partial charge in [0.15, 0.2) is 17.1 Å². The van der Waals surface area contributed by atoms with Crippen molar-refractivity contribution in [1.29, 1.82) is 0 Å². The van der Waals surface area contributed by atoms with Gasteiger partial charge in [0.05, 0.1) is 6.61 Å². The maximum absolute atomic E-state index is 12.4. The van der Waals surface area contributed by atoms with Crippen molar-refractivity contribution in [3.8, 4) is 0 Å². The second kappa shape index (κ2) is 7.81. The number of unbranched alkanes of at least 4 members (excludes halogenated alkanes) is 4. The van der Waals surface area contributed by atoms with Crippen LogP contribution in [0.5, 0.6) is 0 Å². The molecule has 6 N–H and O–H groups in total. The average molecular weight is 319 g/mol. The molecule has 7 nitrogen and oxygen atoms in total. The van der Waals surface area contributed by atoms with Crippen LogP contribution in [0.25, 0.3) is 0 Å². The fourth-order valence-electron chi connectivity index (χ4n) is 2.87. The Morgan fingerprint density at radius 3 is 2.36 bits per heavy atom. The number of Topliss-reactive ketones (excluding diaryl/α,β-unsaturated/α-hetero) is 1. The Bertz CT molecular complexity index is 375. The summed E-state index contributed by atoms with van der Waals surface area (Å²) in [6, 6.07) is 0. The number of carbonyl (C=O) groups excluding carboxylic acids is 1. The topological polar surface area (TPSA) is 133 Å². The van der Waals surface area contributed by atoms with Crippen LogP contribution in [-0.4, -0.2) is 62.5 Å². The van der Waals surface area contributed by atoms with E-state index in [4.69, 9.17) is 15.6 Å². The molecule has 130 valence electrons. The lowest BCUT2D eigenvalue weighted by atomic mass is 9.74. The fraction of sp³-hybridized carbons (Fsp3) is 0.933. The lowest BCUT2D eigenvalue weighted by Gasteiger charge is -2.51. The van der Waals surface area contributed by atoms with Gasteiger partial charge in [-0.25, -0.2) is 0 Å². The summed E-state index contributed by atoms with van der Waals surface area (Å²) in [5, 5.41) is 39.6. The molecule has 1 saturated heterocycles. The molecule has 22 heavy (non-hydrogen) atoms. The third kappa shape index (κ3) is 3.67. The maximum Gasteiger partial charge on any atom is 0.191 e. The van der Waals surface area contributed by atoms with Gasteiger partial charge in [0.25, 0.3) is 0 Å². The second-order valence-corrected chi connectivity index (χ2v) is 6.21. The third-order valence-corrected chi connectivity index (χ3v) is 4.47. The molecule has 1 rings (SSSR count). The van der Waals surface area contributed by atoms with Crippen LogP contribution in [0.3, 0.4) is 0 Å². The minimum atomic E-state index is -2.17. The first-order valence-corrected chi connectivity index (χ1v) is 7.91. The van der Waals surface area contributed by atoms with Crippen LogP contribution in [0.2, 0.25) is 0 Å². The summed E-state index contributed by atoms with van der Waals surface area (Å²) >= 11 is 0. The lowest BCUT2D eigenvalue weighted by molar-refractivity contribution is -0.325. The summed E-state index contributed by atoms with van der Waals surface area (Å²) in [5.74, 6) is -2.73. The molecule has 5 atom stereocenters. The number of aliphatic hydroxyl groups excluding tert-OH is 3. The molecule has 0 radical (unpaired) electrons. The average Bonchev–Trinajstić information content (AvgIpc) is 2.48. The fourth-order valence-corrected chi connectivity index (χ4v) is 2.87. The maximum atomic E-state index is 12.4. The van der Waals surface area contributed by atoms with Crippen molar-refractivity contribution in [1.82, 2.24) is 0 Å². The standard InChI is InChI=1S/C15H29NO6/c1-3-4-5-6-7-8-11(18)15(16)13(20)12(19)10(9-17)22-14(15,2)21/h10,12-13,17,19-21H,3-9,16H2,1-2H3/t10-,12-,13+,14?,15-/m1/s1. The Balaban J connectivity index is 2.77. The zero-order valence-electron chi connectivity index (χ0n) is 13.4. The van der Waals surface area contributed by atoms with Gasteiger partial charge in [-0.2, -0.15) is 0 Å². The summed E-state index contributed by atoms with van der Waals surface area (Å²) in [7, 11) is 0. The van der Waals surface area contributed by atoms with E-state index in [0.717, 1.165) is 25.7 Å². The van der Waals surface area contributed by atoms with Crippen LogP contribution < -0.4 is 5.73 Å². The largest absolute Gasteiger partial charge is 0.394 e. The molecule has 1 fully saturated rings. The van der Waals surface area contributed by atoms with Gasteiger partial charge in [-0.3, -0.25) is 4.79 Å². The number of carbonyl (C=O) groups is 1. The van der Waals surface area contributed by atoms with Gasteiger partial charge in [0.2, 0.25) is 0 Å². The first kappa shape index (κ1) is 19.5. The Morgan fingerprint density at radius 2 is 1.82 bits per heavy atom. The number of rotatable bonds is 8. The smallest absolute Gasteiger partial charge is 0.191 e. The van der Waals surface area contributed by atoms with Crippen molar-refractivity contribution in [2.45, 2.75) is 82.0 Å². The first-order valence-electron chi connectivity index (χ1n) is 7.91. The Kier molecular flexibility index (Phi) is 6.91. The van der Waals surface area contributed by atoms with E-state index >= 15 is 0 Å². The van der Waals surface area contributed by atoms with Gasteiger partial charge in [-0.1, -0.05) is 32.6 Å². The van der Waals surface area contributed by atoms with Gasteiger partial charge >= 0.3 is 0 Å². The van der Waals surface area contributed by atoms with E-state index in [1.54, 1.807) is 0 Å². The van der Waals surface area contributed by atoms with E-state index < -0.39 is 42.0 Å². The minimum absolute atomic E-state index is 0.0906. The molecule has 1 unspecified atom stereocenters. The molecule has 0 aromatic rings. The molecule has 0 amide bonds. The molecule has 1 aliphatic heterocycles. The molecule has 0 aromatic carbocycles. The third-order valence-electron chi connectivity index (χ3n) is 4.47. The Labute approximate surface area is 131 Å². The molecule has 0 aromatic heterocycles. The monoisotopic (exact) mass is 319 g/mol. The van der Waals surface area contributed by atoms with Crippen LogP contribution in [-0.2, 0) is 9.53 Å². The van der Waals surface area contributed by atoms with Crippen molar-refractivity contribution >= 4 is 5.78 Å². The van der Waals surface area contributed by atoms with Gasteiger partial charge in [-0.05, 0) is 13.3 Å². The lowest BCUT2D eigenvalue weighted by Crippen LogP contribution is -2.79. The van der Waals surface area contributed by atoms with Gasteiger partial charge < -0.3 is 30.9 Å². The molecule has 7 heteroatoms. The Hall–Kier alpha value is -0.570. The summed E-state index contributed by atoms with van der Waals surface area (Å²) in [5.41, 5.74) is 3.83. The van der Waals surface area contributed by atoms with E-state index in [-0.39, 0.29) is 6.42 Å². The van der Waals surface area contributed by atoms with Crippen molar-refractivity contribution in [3.05, 3.63) is 0 Å². The van der Waals surface area contributed by atoms with Crippen LogP contribution in [0.1, 0.15) is 52.4 Å². The second-order valence-electron chi connectivity index (χ2n) is 6.21. The number of ether oxygens (including phenoxy) is 1. The molecule has 1 aliphatic rings. The highest BCUT2D eigenvalue weighted by molar-refractivity contribution is 5.90. The normalized spacial score (nSPS) is 39.0. The molecule has 0 aliphatic carbocycles. The predicted molar refractivity (Wildman–Crippen MR) is 79.9 cm³/mol. The molecule has 0 spiro atoms. The van der Waals surface area contributed by atoms with E-state index in [1.807, 2.05) is 0 Å². The quantitative estimate of drug-likeness (QED) is 0.378. The highest BCUT2D eigenvalue weighted by atomic mass is 16.6. The predicted octanol–water partition coefficient (Wildman–Crippen LogP) is -0.565. The summed E-state index contributed by atoms with van der Waals surface area (Å²) in [4.78, 5) is 12.4. The molecule has 0 saturated carbocycles. The zero-order valence-corrected chi connectivity index (χ0v) is 13.4. The molecular weight excluding hydrogens is 290 g/mol. The van der Waals surface area contributed by atoms with E-state index in [1.165, 1.54) is 6.92 Å². The number of ketones is 1. The van der Waals surface area contributed by atoms with Crippen molar-refractivity contribution < 1.29 is 30.0 Å².